The Bertz CT molecular complexity index is 628. The number of aromatic nitrogens is 2. The second kappa shape index (κ2) is 5.83. The van der Waals surface area contributed by atoms with Gasteiger partial charge in [-0.2, -0.15) is 0 Å². The molecule has 2 heterocycles. The minimum absolute atomic E-state index is 0.000972. The number of aryl methyl sites for hydroxylation is 1. The largest absolute Gasteiger partial charge is 0.378 e. The maximum atomic E-state index is 11.0. The summed E-state index contributed by atoms with van der Waals surface area (Å²) >= 11 is 1.71. The molecule has 1 unspecified atom stereocenters. The minimum Gasteiger partial charge on any atom is -0.378 e. The van der Waals surface area contributed by atoms with E-state index in [0.717, 1.165) is 6.42 Å². The number of anilines is 2. The van der Waals surface area contributed by atoms with Crippen LogP contribution >= 0.6 is 11.3 Å². The van der Waals surface area contributed by atoms with E-state index in [9.17, 15) is 10.1 Å². The van der Waals surface area contributed by atoms with E-state index in [1.165, 1.54) is 16.1 Å². The smallest absolute Gasteiger partial charge is 0.352 e. The molecule has 106 valence electrons. The van der Waals surface area contributed by atoms with E-state index in [1.807, 2.05) is 13.8 Å². The predicted molar refractivity (Wildman–Crippen MR) is 78.9 cm³/mol. The summed E-state index contributed by atoms with van der Waals surface area (Å²) in [6, 6.07) is 4.11. The summed E-state index contributed by atoms with van der Waals surface area (Å²) in [7, 11) is 0. The fourth-order valence-corrected chi connectivity index (χ4v) is 2.88. The van der Waals surface area contributed by atoms with Crippen molar-refractivity contribution < 1.29 is 4.92 Å². The van der Waals surface area contributed by atoms with Crippen LogP contribution in [0.15, 0.2) is 18.5 Å². The third kappa shape index (κ3) is 3.21. The molecule has 0 aromatic carbocycles. The van der Waals surface area contributed by atoms with E-state index < -0.39 is 4.92 Å². The van der Waals surface area contributed by atoms with Gasteiger partial charge in [-0.15, -0.1) is 11.3 Å². The van der Waals surface area contributed by atoms with Crippen LogP contribution in [0, 0.1) is 17.0 Å². The van der Waals surface area contributed by atoms with E-state index in [4.69, 9.17) is 5.73 Å². The van der Waals surface area contributed by atoms with Gasteiger partial charge in [0.2, 0.25) is 11.6 Å². The molecule has 0 aliphatic carbocycles. The number of nitrogens with two attached hydrogens (primary N) is 1. The van der Waals surface area contributed by atoms with Crippen molar-refractivity contribution in [3.63, 3.8) is 0 Å². The van der Waals surface area contributed by atoms with Crippen molar-refractivity contribution >= 4 is 28.7 Å². The standard InChI is InChI=1S/C12H15N5O2S/c1-7(5-9-4-3-8(2)20-9)16-12-10(17(18)19)11(13)14-6-15-12/h3-4,6-7H,5H2,1-2H3,(H3,13,14,15,16). The summed E-state index contributed by atoms with van der Waals surface area (Å²) in [5.41, 5.74) is 5.25. The molecule has 1 atom stereocenters. The highest BCUT2D eigenvalue weighted by atomic mass is 32.1. The third-order valence-electron chi connectivity index (χ3n) is 2.72. The molecule has 0 spiro atoms. The van der Waals surface area contributed by atoms with E-state index in [0.29, 0.717) is 0 Å². The quantitative estimate of drug-likeness (QED) is 0.647. The number of hydrogen-bond acceptors (Lipinski definition) is 7. The lowest BCUT2D eigenvalue weighted by Gasteiger charge is -2.13. The molecule has 0 bridgehead atoms. The monoisotopic (exact) mass is 293 g/mol. The maximum absolute atomic E-state index is 11.0. The number of nitrogens with one attached hydrogen (secondary N) is 1. The second-order valence-electron chi connectivity index (χ2n) is 4.48. The van der Waals surface area contributed by atoms with E-state index in [1.54, 1.807) is 11.3 Å². The van der Waals surface area contributed by atoms with Crippen molar-refractivity contribution in [1.82, 2.24) is 9.97 Å². The molecule has 7 nitrogen and oxygen atoms in total. The van der Waals surface area contributed by atoms with Gasteiger partial charge in [-0.25, -0.2) is 9.97 Å². The van der Waals surface area contributed by atoms with E-state index >= 15 is 0 Å². The number of nitrogens with zero attached hydrogens (tertiary/aromatic N) is 3. The first-order valence-corrected chi connectivity index (χ1v) is 6.85. The van der Waals surface area contributed by atoms with Crippen LogP contribution in [0.2, 0.25) is 0 Å². The number of rotatable bonds is 5. The van der Waals surface area contributed by atoms with Crippen LogP contribution in [0.25, 0.3) is 0 Å². The Hall–Kier alpha value is -2.22. The molecular weight excluding hydrogens is 278 g/mol. The van der Waals surface area contributed by atoms with Gasteiger partial charge in [0.25, 0.3) is 0 Å². The average molecular weight is 293 g/mol. The molecule has 0 saturated carbocycles. The van der Waals surface area contributed by atoms with Crippen LogP contribution in [0.3, 0.4) is 0 Å². The molecule has 0 aliphatic heterocycles. The van der Waals surface area contributed by atoms with Gasteiger partial charge in [0, 0.05) is 22.2 Å². The summed E-state index contributed by atoms with van der Waals surface area (Å²) in [6.45, 7) is 3.99. The van der Waals surface area contributed by atoms with Gasteiger partial charge in [-0.1, -0.05) is 0 Å². The summed E-state index contributed by atoms with van der Waals surface area (Å²) in [6.07, 6.45) is 1.98. The lowest BCUT2D eigenvalue weighted by Crippen LogP contribution is -2.20. The summed E-state index contributed by atoms with van der Waals surface area (Å²) in [5.74, 6) is 0.0231. The lowest BCUT2D eigenvalue weighted by molar-refractivity contribution is -0.383. The van der Waals surface area contributed by atoms with Gasteiger partial charge in [0.1, 0.15) is 6.33 Å². The summed E-state index contributed by atoms with van der Waals surface area (Å²) in [5, 5.41) is 14.0. The number of nitrogen functional groups attached to an aromatic ring is 1. The average Bonchev–Trinajstić information content (AvgIpc) is 2.74. The van der Waals surface area contributed by atoms with Crippen molar-refractivity contribution in [1.29, 1.82) is 0 Å². The fraction of sp³-hybridized carbons (Fsp3) is 0.333. The molecule has 2 rings (SSSR count). The summed E-state index contributed by atoms with van der Waals surface area (Å²) < 4.78 is 0. The zero-order valence-electron chi connectivity index (χ0n) is 11.2. The van der Waals surface area contributed by atoms with E-state index in [-0.39, 0.29) is 23.4 Å². The van der Waals surface area contributed by atoms with Crippen LogP contribution in [0.1, 0.15) is 16.7 Å². The first-order chi connectivity index (χ1) is 9.47. The van der Waals surface area contributed by atoms with Crippen LogP contribution in [0.4, 0.5) is 17.3 Å². The van der Waals surface area contributed by atoms with Gasteiger partial charge < -0.3 is 11.1 Å². The second-order valence-corrected chi connectivity index (χ2v) is 5.85. The van der Waals surface area contributed by atoms with Crippen LogP contribution in [-0.4, -0.2) is 20.9 Å². The third-order valence-corrected chi connectivity index (χ3v) is 3.74. The van der Waals surface area contributed by atoms with E-state index in [2.05, 4.69) is 27.4 Å². The molecule has 2 aromatic rings. The van der Waals surface area contributed by atoms with Crippen molar-refractivity contribution in [2.75, 3.05) is 11.1 Å². The maximum Gasteiger partial charge on any atom is 0.352 e. The first-order valence-electron chi connectivity index (χ1n) is 6.04. The van der Waals surface area contributed by atoms with Crippen molar-refractivity contribution in [3.05, 3.63) is 38.3 Å². The Labute approximate surface area is 120 Å². The zero-order chi connectivity index (χ0) is 14.7. The molecule has 3 N–H and O–H groups in total. The number of nitro groups is 1. The SMILES string of the molecule is Cc1ccc(CC(C)Nc2ncnc(N)c2[N+](=O)[O-])s1. The van der Waals surface area contributed by atoms with Crippen LogP contribution in [-0.2, 0) is 6.42 Å². The molecule has 0 amide bonds. The van der Waals surface area contributed by atoms with Gasteiger partial charge in [0.05, 0.1) is 4.92 Å². The predicted octanol–water partition coefficient (Wildman–Crippen LogP) is 2.38. The first kappa shape index (κ1) is 14.2. The van der Waals surface area contributed by atoms with Gasteiger partial charge >= 0.3 is 5.69 Å². The van der Waals surface area contributed by atoms with Crippen LogP contribution in [0.5, 0.6) is 0 Å². The Kier molecular flexibility index (Phi) is 4.14. The highest BCUT2D eigenvalue weighted by Gasteiger charge is 2.22. The highest BCUT2D eigenvalue weighted by Crippen LogP contribution is 2.27. The molecule has 0 fully saturated rings. The van der Waals surface area contributed by atoms with Gasteiger partial charge in [-0.3, -0.25) is 10.1 Å². The number of thiophene rings is 1. The number of hydrogen-bond donors (Lipinski definition) is 2. The normalized spacial score (nSPS) is 12.1. The topological polar surface area (TPSA) is 107 Å². The van der Waals surface area contributed by atoms with Gasteiger partial charge in [-0.05, 0) is 26.0 Å². The Balaban J connectivity index is 2.13. The lowest BCUT2D eigenvalue weighted by atomic mass is 10.2. The molecule has 0 radical (unpaired) electrons. The highest BCUT2D eigenvalue weighted by molar-refractivity contribution is 7.11. The van der Waals surface area contributed by atoms with Crippen molar-refractivity contribution in [2.45, 2.75) is 26.3 Å². The fourth-order valence-electron chi connectivity index (χ4n) is 1.86. The Morgan fingerprint density at radius 3 is 2.85 bits per heavy atom. The van der Waals surface area contributed by atoms with Crippen molar-refractivity contribution in [3.8, 4) is 0 Å². The molecule has 2 aromatic heterocycles. The molecule has 0 aliphatic rings. The molecule has 20 heavy (non-hydrogen) atoms. The summed E-state index contributed by atoms with van der Waals surface area (Å²) in [4.78, 5) is 20.4. The van der Waals surface area contributed by atoms with Crippen molar-refractivity contribution in [2.24, 2.45) is 0 Å². The molecule has 8 heteroatoms. The van der Waals surface area contributed by atoms with Crippen LogP contribution < -0.4 is 11.1 Å². The molecule has 0 saturated heterocycles. The Morgan fingerprint density at radius 1 is 1.50 bits per heavy atom. The Morgan fingerprint density at radius 2 is 2.25 bits per heavy atom. The minimum atomic E-state index is -0.570. The zero-order valence-corrected chi connectivity index (χ0v) is 12.0. The van der Waals surface area contributed by atoms with Gasteiger partial charge in [0.15, 0.2) is 0 Å². The molecular formula is C12H15N5O2S.